The average Bonchev–Trinajstić information content (AvgIpc) is 2.33. The fraction of sp³-hybridized carbons (Fsp3) is 0.923. The van der Waals surface area contributed by atoms with Crippen LogP contribution in [-0.2, 0) is 20.3 Å². The van der Waals surface area contributed by atoms with Crippen molar-refractivity contribution in [2.45, 2.75) is 45.3 Å². The van der Waals surface area contributed by atoms with Gasteiger partial charge in [0.1, 0.15) is 5.54 Å². The van der Waals surface area contributed by atoms with Crippen molar-refractivity contribution in [1.29, 1.82) is 0 Å². The van der Waals surface area contributed by atoms with Crippen LogP contribution >= 0.6 is 0 Å². The molecule has 6 heteroatoms. The molecule has 1 rings (SSSR count). The third kappa shape index (κ3) is 3.35. The van der Waals surface area contributed by atoms with Crippen molar-refractivity contribution in [1.82, 2.24) is 5.32 Å². The summed E-state index contributed by atoms with van der Waals surface area (Å²) in [6.07, 6.45) is 2.96. The van der Waals surface area contributed by atoms with Crippen molar-refractivity contribution in [3.8, 4) is 0 Å². The lowest BCUT2D eigenvalue weighted by Gasteiger charge is -2.57. The van der Waals surface area contributed by atoms with Gasteiger partial charge in [-0.15, -0.1) is 0 Å². The van der Waals surface area contributed by atoms with Crippen LogP contribution in [0.3, 0.4) is 0 Å². The minimum atomic E-state index is -0.863. The van der Waals surface area contributed by atoms with E-state index in [1.165, 1.54) is 0 Å². The molecule has 5 nitrogen and oxygen atoms in total. The molecule has 0 aromatic rings. The molecule has 0 bridgehead atoms. The average molecular weight is 290 g/mol. The molecule has 3 N–H and O–H groups in total. The lowest BCUT2D eigenvalue weighted by atomic mass is 9.54. The maximum Gasteiger partial charge on any atom is 0.240 e. The number of carbonyl (C=O) groups excluding carboxylic acids is 1. The Morgan fingerprint density at radius 3 is 2.63 bits per heavy atom. The molecule has 0 spiro atoms. The van der Waals surface area contributed by atoms with Crippen LogP contribution in [0.5, 0.6) is 0 Å². The molecule has 3 atom stereocenters. The molecule has 0 heterocycles. The second-order valence-corrected chi connectivity index (χ2v) is 7.28. The second kappa shape index (κ2) is 6.33. The third-order valence-corrected chi connectivity index (χ3v) is 4.99. The first-order valence-corrected chi connectivity index (χ1v) is 8.47. The highest BCUT2D eigenvalue weighted by Gasteiger charge is 2.62. The summed E-state index contributed by atoms with van der Waals surface area (Å²) < 4.78 is 16.5. The zero-order valence-corrected chi connectivity index (χ0v) is 13.1. The van der Waals surface area contributed by atoms with Crippen LogP contribution in [0.25, 0.3) is 0 Å². The highest BCUT2D eigenvalue weighted by Crippen LogP contribution is 2.49. The Morgan fingerprint density at radius 2 is 2.16 bits per heavy atom. The van der Waals surface area contributed by atoms with Crippen LogP contribution in [-0.4, -0.2) is 46.9 Å². The Morgan fingerprint density at radius 1 is 1.53 bits per heavy atom. The smallest absolute Gasteiger partial charge is 0.240 e. The minimum absolute atomic E-state index is 0.0383. The van der Waals surface area contributed by atoms with Crippen molar-refractivity contribution in [3.63, 3.8) is 0 Å². The Hall–Kier alpha value is -0.460. The Labute approximate surface area is 118 Å². The monoisotopic (exact) mass is 290 g/mol. The summed E-state index contributed by atoms with van der Waals surface area (Å²) in [5.41, 5.74) is 5.01. The van der Waals surface area contributed by atoms with E-state index in [0.29, 0.717) is 31.7 Å². The first-order valence-electron chi connectivity index (χ1n) is 6.74. The molecule has 0 aromatic heterocycles. The van der Waals surface area contributed by atoms with Gasteiger partial charge in [-0.2, -0.15) is 0 Å². The van der Waals surface area contributed by atoms with Crippen LogP contribution in [0.1, 0.15) is 33.6 Å². The van der Waals surface area contributed by atoms with Crippen LogP contribution < -0.4 is 11.1 Å². The summed E-state index contributed by atoms with van der Waals surface area (Å²) >= 11 is 0. The first kappa shape index (κ1) is 16.6. The SMILES string of the molecule is CCOC1CC(N)(C(=O)NCCCS(C)=O)C1(C)C. The normalized spacial score (nSPS) is 30.5. The van der Waals surface area contributed by atoms with Crippen LogP contribution in [0, 0.1) is 5.41 Å². The molecule has 112 valence electrons. The number of nitrogens with two attached hydrogens (primary N) is 1. The summed E-state index contributed by atoms with van der Waals surface area (Å²) in [7, 11) is -0.816. The number of hydrogen-bond donors (Lipinski definition) is 2. The van der Waals surface area contributed by atoms with Crippen molar-refractivity contribution in [2.75, 3.05) is 25.2 Å². The quantitative estimate of drug-likeness (QED) is 0.665. The third-order valence-electron chi connectivity index (χ3n) is 4.13. The van der Waals surface area contributed by atoms with Gasteiger partial charge in [0, 0.05) is 47.8 Å². The predicted molar refractivity (Wildman–Crippen MR) is 77.3 cm³/mol. The largest absolute Gasteiger partial charge is 0.378 e. The van der Waals surface area contributed by atoms with E-state index >= 15 is 0 Å². The van der Waals surface area contributed by atoms with Gasteiger partial charge in [0.15, 0.2) is 0 Å². The van der Waals surface area contributed by atoms with E-state index in [-0.39, 0.29) is 17.4 Å². The fourth-order valence-electron chi connectivity index (χ4n) is 2.46. The highest BCUT2D eigenvalue weighted by atomic mass is 32.2. The van der Waals surface area contributed by atoms with Crippen molar-refractivity contribution < 1.29 is 13.7 Å². The van der Waals surface area contributed by atoms with Crippen molar-refractivity contribution >= 4 is 16.7 Å². The van der Waals surface area contributed by atoms with Crippen LogP contribution in [0.2, 0.25) is 0 Å². The minimum Gasteiger partial charge on any atom is -0.378 e. The molecule has 1 aliphatic rings. The van der Waals surface area contributed by atoms with Crippen molar-refractivity contribution in [3.05, 3.63) is 0 Å². The molecular formula is C13H26N2O3S. The number of nitrogens with one attached hydrogen (secondary N) is 1. The summed E-state index contributed by atoms with van der Waals surface area (Å²) in [6, 6.07) is 0. The van der Waals surface area contributed by atoms with E-state index in [1.807, 2.05) is 20.8 Å². The topological polar surface area (TPSA) is 81.4 Å². The fourth-order valence-corrected chi connectivity index (χ4v) is 3.01. The van der Waals surface area contributed by atoms with Gasteiger partial charge >= 0.3 is 0 Å². The molecule has 1 aliphatic carbocycles. The van der Waals surface area contributed by atoms with E-state index in [1.54, 1.807) is 6.26 Å². The van der Waals surface area contributed by atoms with E-state index in [9.17, 15) is 9.00 Å². The molecule has 0 radical (unpaired) electrons. The summed E-state index contributed by atoms with van der Waals surface area (Å²) in [5, 5.41) is 2.84. The van der Waals surface area contributed by atoms with E-state index < -0.39 is 16.3 Å². The maximum absolute atomic E-state index is 12.2. The van der Waals surface area contributed by atoms with Gasteiger partial charge in [-0.25, -0.2) is 0 Å². The number of hydrogen-bond acceptors (Lipinski definition) is 4. The Balaban J connectivity index is 2.46. The Kier molecular flexibility index (Phi) is 5.53. The second-order valence-electron chi connectivity index (χ2n) is 5.73. The molecule has 0 aliphatic heterocycles. The van der Waals surface area contributed by atoms with Gasteiger partial charge in [0.2, 0.25) is 5.91 Å². The van der Waals surface area contributed by atoms with Gasteiger partial charge in [-0.1, -0.05) is 13.8 Å². The molecular weight excluding hydrogens is 264 g/mol. The number of amides is 1. The van der Waals surface area contributed by atoms with Gasteiger partial charge in [0.25, 0.3) is 0 Å². The van der Waals surface area contributed by atoms with E-state index in [4.69, 9.17) is 10.5 Å². The van der Waals surface area contributed by atoms with E-state index in [2.05, 4.69) is 5.32 Å². The predicted octanol–water partition coefficient (Wildman–Crippen LogP) is 0.404. The zero-order valence-electron chi connectivity index (χ0n) is 12.3. The highest BCUT2D eigenvalue weighted by molar-refractivity contribution is 7.84. The van der Waals surface area contributed by atoms with Crippen LogP contribution in [0.15, 0.2) is 0 Å². The summed E-state index contributed by atoms with van der Waals surface area (Å²) in [4.78, 5) is 12.2. The number of rotatable bonds is 7. The Bertz CT molecular complexity index is 360. The van der Waals surface area contributed by atoms with Gasteiger partial charge < -0.3 is 15.8 Å². The lowest BCUT2D eigenvalue weighted by molar-refractivity contribution is -0.170. The van der Waals surface area contributed by atoms with Gasteiger partial charge in [0.05, 0.1) is 6.10 Å². The molecule has 3 unspecified atom stereocenters. The summed E-state index contributed by atoms with van der Waals surface area (Å²) in [5.74, 6) is 0.471. The summed E-state index contributed by atoms with van der Waals surface area (Å²) in [6.45, 7) is 7.04. The van der Waals surface area contributed by atoms with Crippen LogP contribution in [0.4, 0.5) is 0 Å². The molecule has 1 saturated carbocycles. The number of ether oxygens (including phenoxy) is 1. The lowest BCUT2D eigenvalue weighted by Crippen LogP contribution is -2.75. The number of carbonyl (C=O) groups is 1. The molecule has 1 fully saturated rings. The van der Waals surface area contributed by atoms with E-state index in [0.717, 1.165) is 0 Å². The zero-order chi connectivity index (χ0) is 14.7. The van der Waals surface area contributed by atoms with Gasteiger partial charge in [-0.3, -0.25) is 9.00 Å². The first-order chi connectivity index (χ1) is 8.75. The van der Waals surface area contributed by atoms with Crippen molar-refractivity contribution in [2.24, 2.45) is 11.1 Å². The molecule has 19 heavy (non-hydrogen) atoms. The molecule has 0 saturated heterocycles. The standard InChI is InChI=1S/C13H26N2O3S/c1-5-18-10-9-13(14,12(10,2)3)11(16)15-7-6-8-19(4)17/h10H,5-9,14H2,1-4H3,(H,15,16). The molecule has 0 aromatic carbocycles. The maximum atomic E-state index is 12.2. The molecule has 1 amide bonds. The van der Waals surface area contributed by atoms with Gasteiger partial charge in [-0.05, 0) is 13.3 Å².